The number of benzene rings is 1. The number of H-pyrrole nitrogens is 1. The molecule has 19 heavy (non-hydrogen) atoms. The molecule has 0 saturated heterocycles. The Morgan fingerprint density at radius 1 is 1.26 bits per heavy atom. The van der Waals surface area contributed by atoms with E-state index in [0.717, 1.165) is 12.0 Å². The van der Waals surface area contributed by atoms with E-state index in [-0.39, 0.29) is 0 Å². The summed E-state index contributed by atoms with van der Waals surface area (Å²) in [5, 5.41) is 10.4. The van der Waals surface area contributed by atoms with Crippen LogP contribution < -0.4 is 5.73 Å². The second-order valence-corrected chi connectivity index (χ2v) is 4.17. The summed E-state index contributed by atoms with van der Waals surface area (Å²) in [7, 11) is 0. The second-order valence-electron chi connectivity index (χ2n) is 4.17. The minimum Gasteiger partial charge on any atom is -0.383 e. The highest BCUT2D eigenvalue weighted by Crippen LogP contribution is 2.25. The molecule has 0 aliphatic carbocycles. The van der Waals surface area contributed by atoms with Crippen LogP contribution in [0, 0.1) is 0 Å². The predicted molar refractivity (Wildman–Crippen MR) is 71.1 cm³/mol. The molecule has 2 heterocycles. The fraction of sp³-hybridized carbons (Fsp3) is 0.154. The van der Waals surface area contributed by atoms with Crippen LogP contribution in [0.25, 0.3) is 22.8 Å². The lowest BCUT2D eigenvalue weighted by atomic mass is 10.1. The third-order valence-electron chi connectivity index (χ3n) is 2.95. The molecule has 0 amide bonds. The van der Waals surface area contributed by atoms with E-state index in [9.17, 15) is 0 Å². The van der Waals surface area contributed by atoms with Gasteiger partial charge in [0.2, 0.25) is 5.82 Å². The van der Waals surface area contributed by atoms with Crippen molar-refractivity contribution in [3.63, 3.8) is 0 Å². The molecule has 0 radical (unpaired) electrons. The molecule has 0 spiro atoms. The summed E-state index contributed by atoms with van der Waals surface area (Å²) in [6.45, 7) is 2.11. The summed E-state index contributed by atoms with van der Waals surface area (Å²) in [5.74, 6) is 1.32. The zero-order valence-corrected chi connectivity index (χ0v) is 10.4. The van der Waals surface area contributed by atoms with Crippen LogP contribution in [0.4, 0.5) is 5.82 Å². The van der Waals surface area contributed by atoms with Crippen molar-refractivity contribution in [2.45, 2.75) is 13.3 Å². The quantitative estimate of drug-likeness (QED) is 0.748. The predicted octanol–water partition coefficient (Wildman–Crippen LogP) is 2.27. The number of nitrogens with zero attached hydrogens (tertiary/aromatic N) is 3. The molecule has 0 fully saturated rings. The van der Waals surface area contributed by atoms with E-state index in [1.807, 2.05) is 12.1 Å². The molecule has 6 heteroatoms. The van der Waals surface area contributed by atoms with Crippen LogP contribution in [0.5, 0.6) is 0 Å². The van der Waals surface area contributed by atoms with E-state index >= 15 is 0 Å². The van der Waals surface area contributed by atoms with Crippen molar-refractivity contribution in [2.24, 2.45) is 0 Å². The third kappa shape index (κ3) is 2.08. The summed E-state index contributed by atoms with van der Waals surface area (Å²) in [6, 6.07) is 8.06. The maximum absolute atomic E-state index is 5.71. The van der Waals surface area contributed by atoms with Gasteiger partial charge < -0.3 is 10.3 Å². The topological polar surface area (TPSA) is 93.6 Å². The summed E-state index contributed by atoms with van der Waals surface area (Å²) < 4.78 is 5.20. The number of nitrogens with one attached hydrogen (secondary N) is 1. The van der Waals surface area contributed by atoms with E-state index in [1.165, 1.54) is 5.56 Å². The van der Waals surface area contributed by atoms with Crippen LogP contribution in [0.3, 0.4) is 0 Å². The number of hydrogen-bond donors (Lipinski definition) is 2. The average molecular weight is 255 g/mol. The Hall–Kier alpha value is -2.63. The van der Waals surface area contributed by atoms with Crippen molar-refractivity contribution in [3.8, 4) is 22.8 Å². The van der Waals surface area contributed by atoms with Crippen LogP contribution >= 0.6 is 0 Å². The van der Waals surface area contributed by atoms with Gasteiger partial charge in [0, 0.05) is 5.56 Å². The first-order valence-corrected chi connectivity index (χ1v) is 6.00. The highest BCUT2D eigenvalue weighted by atomic mass is 16.5. The Balaban J connectivity index is 1.94. The van der Waals surface area contributed by atoms with Crippen molar-refractivity contribution >= 4 is 5.82 Å². The molecule has 0 atom stereocenters. The monoisotopic (exact) mass is 255 g/mol. The summed E-state index contributed by atoms with van der Waals surface area (Å²) in [4.78, 5) is 4.32. The number of anilines is 1. The van der Waals surface area contributed by atoms with Crippen molar-refractivity contribution in [3.05, 3.63) is 36.0 Å². The summed E-state index contributed by atoms with van der Waals surface area (Å²) in [5.41, 5.74) is 8.51. The van der Waals surface area contributed by atoms with Crippen molar-refractivity contribution in [1.82, 2.24) is 20.3 Å². The van der Waals surface area contributed by atoms with E-state index < -0.39 is 0 Å². The molecule has 3 rings (SSSR count). The lowest BCUT2D eigenvalue weighted by Gasteiger charge is -1.97. The van der Waals surface area contributed by atoms with Gasteiger partial charge >= 0.3 is 0 Å². The van der Waals surface area contributed by atoms with Gasteiger partial charge in [-0.1, -0.05) is 36.3 Å². The molecule has 2 aromatic heterocycles. The third-order valence-corrected chi connectivity index (χ3v) is 2.95. The molecule has 0 aliphatic rings. The number of aromatic amines is 1. The van der Waals surface area contributed by atoms with E-state index in [0.29, 0.717) is 23.1 Å². The highest BCUT2D eigenvalue weighted by molar-refractivity contribution is 5.67. The van der Waals surface area contributed by atoms with Gasteiger partial charge in [-0.05, 0) is 12.0 Å². The van der Waals surface area contributed by atoms with Crippen molar-refractivity contribution in [2.75, 3.05) is 5.73 Å². The number of aromatic nitrogens is 4. The lowest BCUT2D eigenvalue weighted by molar-refractivity contribution is 0.432. The van der Waals surface area contributed by atoms with Gasteiger partial charge in [0.25, 0.3) is 5.89 Å². The highest BCUT2D eigenvalue weighted by Gasteiger charge is 2.14. The van der Waals surface area contributed by atoms with Gasteiger partial charge in [0.05, 0.1) is 6.20 Å². The van der Waals surface area contributed by atoms with Crippen molar-refractivity contribution < 1.29 is 4.52 Å². The molecule has 3 N–H and O–H groups in total. The molecule has 96 valence electrons. The second kappa shape index (κ2) is 4.56. The van der Waals surface area contributed by atoms with Gasteiger partial charge in [-0.15, -0.1) is 0 Å². The fourth-order valence-corrected chi connectivity index (χ4v) is 1.81. The van der Waals surface area contributed by atoms with Crippen LogP contribution in [-0.4, -0.2) is 20.3 Å². The minimum absolute atomic E-state index is 0.362. The number of nitrogen functional groups attached to an aromatic ring is 1. The molecule has 0 unspecified atom stereocenters. The molecule has 0 bridgehead atoms. The number of nitrogens with two attached hydrogens (primary N) is 1. The van der Waals surface area contributed by atoms with Crippen LogP contribution in [0.1, 0.15) is 12.5 Å². The zero-order valence-electron chi connectivity index (χ0n) is 10.4. The smallest absolute Gasteiger partial charge is 0.263 e. The normalized spacial score (nSPS) is 10.8. The Kier molecular flexibility index (Phi) is 2.75. The molecule has 1 aromatic carbocycles. The summed E-state index contributed by atoms with van der Waals surface area (Å²) >= 11 is 0. The van der Waals surface area contributed by atoms with E-state index in [4.69, 9.17) is 10.3 Å². The standard InChI is InChI=1S/C13H13N5O/c1-2-8-3-5-9(6-4-8)12-16-13(19-18-12)10-7-15-17-11(10)14/h3-7H,2H2,1H3,(H3,14,15,17). The Morgan fingerprint density at radius 3 is 2.68 bits per heavy atom. The van der Waals surface area contributed by atoms with Gasteiger partial charge in [0.15, 0.2) is 0 Å². The Labute approximate surface area is 109 Å². The fourth-order valence-electron chi connectivity index (χ4n) is 1.81. The van der Waals surface area contributed by atoms with Gasteiger partial charge in [-0.2, -0.15) is 10.1 Å². The van der Waals surface area contributed by atoms with Crippen LogP contribution in [-0.2, 0) is 6.42 Å². The summed E-state index contributed by atoms with van der Waals surface area (Å²) in [6.07, 6.45) is 2.57. The number of aryl methyl sites for hydroxylation is 1. The molecule has 0 saturated carbocycles. The lowest BCUT2D eigenvalue weighted by Crippen LogP contribution is -1.87. The van der Waals surface area contributed by atoms with E-state index in [1.54, 1.807) is 6.20 Å². The largest absolute Gasteiger partial charge is 0.383 e. The minimum atomic E-state index is 0.362. The first-order chi connectivity index (χ1) is 9.28. The maximum atomic E-state index is 5.71. The first kappa shape index (κ1) is 11.5. The molecular formula is C13H13N5O. The van der Waals surface area contributed by atoms with Gasteiger partial charge in [-0.25, -0.2) is 0 Å². The Bertz CT molecular complexity index is 683. The first-order valence-electron chi connectivity index (χ1n) is 6.00. The van der Waals surface area contributed by atoms with Crippen molar-refractivity contribution in [1.29, 1.82) is 0 Å². The van der Waals surface area contributed by atoms with Crippen LogP contribution in [0.2, 0.25) is 0 Å². The average Bonchev–Trinajstić information content (AvgIpc) is 3.07. The van der Waals surface area contributed by atoms with Gasteiger partial charge in [0.1, 0.15) is 11.4 Å². The maximum Gasteiger partial charge on any atom is 0.263 e. The zero-order chi connectivity index (χ0) is 13.2. The van der Waals surface area contributed by atoms with E-state index in [2.05, 4.69) is 39.4 Å². The molecule has 6 nitrogen and oxygen atoms in total. The SMILES string of the molecule is CCc1ccc(-c2noc(-c3cn[nH]c3N)n2)cc1. The molecule has 0 aliphatic heterocycles. The van der Waals surface area contributed by atoms with Gasteiger partial charge in [-0.3, -0.25) is 5.10 Å². The molecular weight excluding hydrogens is 242 g/mol. The van der Waals surface area contributed by atoms with Crippen LogP contribution in [0.15, 0.2) is 35.0 Å². The molecule has 3 aromatic rings. The Morgan fingerprint density at radius 2 is 2.05 bits per heavy atom. The number of rotatable bonds is 3. The number of hydrogen-bond acceptors (Lipinski definition) is 5.